The lowest BCUT2D eigenvalue weighted by atomic mass is 10.2. The second kappa shape index (κ2) is 6.73. The van der Waals surface area contributed by atoms with Crippen LogP contribution >= 0.6 is 22.9 Å². The van der Waals surface area contributed by atoms with E-state index in [1.807, 2.05) is 17.5 Å². The van der Waals surface area contributed by atoms with Crippen molar-refractivity contribution in [3.8, 4) is 16.4 Å². The summed E-state index contributed by atoms with van der Waals surface area (Å²) in [7, 11) is 0. The average molecular weight is 364 g/mol. The van der Waals surface area contributed by atoms with E-state index in [4.69, 9.17) is 16.1 Å². The van der Waals surface area contributed by atoms with Gasteiger partial charge in [0, 0.05) is 11.1 Å². The molecule has 7 nitrogen and oxygen atoms in total. The summed E-state index contributed by atoms with van der Waals surface area (Å²) in [6.07, 6.45) is 0. The van der Waals surface area contributed by atoms with Crippen LogP contribution in [-0.4, -0.2) is 22.1 Å². The quantitative estimate of drug-likeness (QED) is 0.621. The molecule has 0 spiro atoms. The normalized spacial score (nSPS) is 10.4. The number of hydrogen-bond acceptors (Lipinski definition) is 6. The monoisotopic (exact) mass is 363 g/mol. The van der Waals surface area contributed by atoms with Crippen LogP contribution in [-0.2, 0) is 0 Å². The molecule has 1 aromatic carbocycles. The summed E-state index contributed by atoms with van der Waals surface area (Å²) >= 11 is 7.22. The van der Waals surface area contributed by atoms with Gasteiger partial charge in [0.1, 0.15) is 5.75 Å². The highest BCUT2D eigenvalue weighted by Gasteiger charge is 2.16. The summed E-state index contributed by atoms with van der Waals surface area (Å²) in [6.45, 7) is 0. The van der Waals surface area contributed by atoms with Crippen LogP contribution in [0.5, 0.6) is 5.75 Å². The van der Waals surface area contributed by atoms with Crippen LogP contribution < -0.4 is 10.9 Å². The molecule has 0 unspecified atom stereocenters. The van der Waals surface area contributed by atoms with Gasteiger partial charge in [0.25, 0.3) is 11.8 Å². The van der Waals surface area contributed by atoms with Gasteiger partial charge in [-0.3, -0.25) is 20.4 Å². The summed E-state index contributed by atoms with van der Waals surface area (Å²) < 4.78 is 5.09. The van der Waals surface area contributed by atoms with Gasteiger partial charge in [-0.05, 0) is 29.6 Å². The van der Waals surface area contributed by atoms with Crippen molar-refractivity contribution >= 4 is 34.8 Å². The minimum Gasteiger partial charge on any atom is -0.507 e. The molecule has 122 valence electrons. The van der Waals surface area contributed by atoms with Crippen LogP contribution in [0, 0.1) is 0 Å². The van der Waals surface area contributed by atoms with Crippen LogP contribution in [0.3, 0.4) is 0 Å². The molecule has 2 amide bonds. The van der Waals surface area contributed by atoms with E-state index in [1.54, 1.807) is 0 Å². The number of carbonyl (C=O) groups excluding carboxylic acids is 2. The fourth-order valence-corrected chi connectivity index (χ4v) is 2.70. The largest absolute Gasteiger partial charge is 0.507 e. The predicted molar refractivity (Wildman–Crippen MR) is 87.9 cm³/mol. The van der Waals surface area contributed by atoms with Crippen molar-refractivity contribution in [2.45, 2.75) is 0 Å². The van der Waals surface area contributed by atoms with Gasteiger partial charge in [-0.2, -0.15) is 0 Å². The van der Waals surface area contributed by atoms with Crippen molar-refractivity contribution in [1.82, 2.24) is 16.0 Å². The first kappa shape index (κ1) is 16.0. The number of hydrazine groups is 1. The van der Waals surface area contributed by atoms with Crippen LogP contribution in [0.4, 0.5) is 0 Å². The van der Waals surface area contributed by atoms with E-state index in [2.05, 4.69) is 16.0 Å². The molecule has 0 fully saturated rings. The van der Waals surface area contributed by atoms with E-state index in [1.165, 1.54) is 35.6 Å². The van der Waals surface area contributed by atoms with Gasteiger partial charge in [-0.25, -0.2) is 0 Å². The standard InChI is InChI=1S/C15H10ClN3O4S/c16-8-3-4-11(20)9(6-8)14(21)17-18-15(22)10-7-12(23-19-10)13-2-1-5-24-13/h1-7,20H,(H,17,21)(H,18,22). The van der Waals surface area contributed by atoms with Crippen LogP contribution in [0.15, 0.2) is 46.3 Å². The number of phenols is 1. The van der Waals surface area contributed by atoms with Gasteiger partial charge in [0.15, 0.2) is 11.5 Å². The number of amides is 2. The number of carbonyl (C=O) groups is 2. The smallest absolute Gasteiger partial charge is 0.291 e. The molecule has 0 saturated heterocycles. The number of halogens is 1. The van der Waals surface area contributed by atoms with Crippen LogP contribution in [0.2, 0.25) is 5.02 Å². The van der Waals surface area contributed by atoms with E-state index in [0.29, 0.717) is 5.76 Å². The molecule has 0 atom stereocenters. The summed E-state index contributed by atoms with van der Waals surface area (Å²) in [5.74, 6) is -1.18. The third-order valence-electron chi connectivity index (χ3n) is 3.00. The molecule has 3 N–H and O–H groups in total. The Hall–Kier alpha value is -2.84. The number of thiophene rings is 1. The van der Waals surface area contributed by atoms with Crippen molar-refractivity contribution < 1.29 is 19.2 Å². The summed E-state index contributed by atoms with van der Waals surface area (Å²) in [5, 5.41) is 15.4. The topological polar surface area (TPSA) is 104 Å². The first-order valence-corrected chi connectivity index (χ1v) is 7.90. The molecule has 0 bridgehead atoms. The maximum absolute atomic E-state index is 12.0. The first-order chi connectivity index (χ1) is 11.5. The van der Waals surface area contributed by atoms with Gasteiger partial charge in [-0.15, -0.1) is 11.3 Å². The molecule has 0 aliphatic heterocycles. The lowest BCUT2D eigenvalue weighted by Gasteiger charge is -2.07. The zero-order valence-corrected chi connectivity index (χ0v) is 13.5. The molecule has 24 heavy (non-hydrogen) atoms. The molecule has 0 aliphatic rings. The van der Waals surface area contributed by atoms with Gasteiger partial charge >= 0.3 is 0 Å². The first-order valence-electron chi connectivity index (χ1n) is 6.64. The van der Waals surface area contributed by atoms with Crippen molar-refractivity contribution in [2.75, 3.05) is 0 Å². The SMILES string of the molecule is O=C(NNC(=O)c1cc(Cl)ccc1O)c1cc(-c2cccs2)on1. The highest BCUT2D eigenvalue weighted by molar-refractivity contribution is 7.13. The molecule has 3 rings (SSSR count). The Morgan fingerprint density at radius 3 is 2.71 bits per heavy atom. The van der Waals surface area contributed by atoms with Gasteiger partial charge in [0.05, 0.1) is 10.4 Å². The zero-order valence-electron chi connectivity index (χ0n) is 11.9. The number of aromatic nitrogens is 1. The number of nitrogens with zero attached hydrogens (tertiary/aromatic N) is 1. The lowest BCUT2D eigenvalue weighted by Crippen LogP contribution is -2.41. The van der Waals surface area contributed by atoms with Crippen molar-refractivity contribution in [2.24, 2.45) is 0 Å². The van der Waals surface area contributed by atoms with Crippen molar-refractivity contribution in [1.29, 1.82) is 0 Å². The van der Waals surface area contributed by atoms with E-state index < -0.39 is 11.8 Å². The fourth-order valence-electron chi connectivity index (χ4n) is 1.85. The molecule has 3 aromatic rings. The molecule has 0 aliphatic carbocycles. The highest BCUT2D eigenvalue weighted by Crippen LogP contribution is 2.25. The Kier molecular flexibility index (Phi) is 4.50. The van der Waals surface area contributed by atoms with E-state index >= 15 is 0 Å². The number of aromatic hydroxyl groups is 1. The highest BCUT2D eigenvalue weighted by atomic mass is 35.5. The Morgan fingerprint density at radius 1 is 1.17 bits per heavy atom. The zero-order chi connectivity index (χ0) is 17.1. The van der Waals surface area contributed by atoms with E-state index in [-0.39, 0.29) is 22.0 Å². The minimum atomic E-state index is -0.717. The Bertz CT molecular complexity index is 892. The number of benzene rings is 1. The molecule has 2 heterocycles. The summed E-state index contributed by atoms with van der Waals surface area (Å²) in [6, 6.07) is 9.14. The van der Waals surface area contributed by atoms with E-state index in [9.17, 15) is 14.7 Å². The van der Waals surface area contributed by atoms with Crippen molar-refractivity contribution in [3.63, 3.8) is 0 Å². The Labute approximate surface area is 144 Å². The Balaban J connectivity index is 1.65. The van der Waals surface area contributed by atoms with E-state index in [0.717, 1.165) is 4.88 Å². The number of rotatable bonds is 3. The van der Waals surface area contributed by atoms with Gasteiger partial charge < -0.3 is 9.63 Å². The lowest BCUT2D eigenvalue weighted by molar-refractivity contribution is 0.0840. The minimum absolute atomic E-state index is 0.00835. The van der Waals surface area contributed by atoms with Crippen LogP contribution in [0.1, 0.15) is 20.8 Å². The summed E-state index contributed by atoms with van der Waals surface area (Å²) in [5.41, 5.74) is 4.30. The number of nitrogens with one attached hydrogen (secondary N) is 2. The Morgan fingerprint density at radius 2 is 1.96 bits per heavy atom. The predicted octanol–water partition coefficient (Wildman–Crippen LogP) is 2.84. The van der Waals surface area contributed by atoms with Crippen LogP contribution in [0.25, 0.3) is 10.6 Å². The summed E-state index contributed by atoms with van der Waals surface area (Å²) in [4.78, 5) is 24.8. The van der Waals surface area contributed by atoms with Gasteiger partial charge in [0.2, 0.25) is 0 Å². The number of hydrogen-bond donors (Lipinski definition) is 3. The maximum atomic E-state index is 12.0. The maximum Gasteiger partial charge on any atom is 0.291 e. The molecule has 0 saturated carbocycles. The molecular formula is C15H10ClN3O4S. The average Bonchev–Trinajstić information content (AvgIpc) is 3.25. The fraction of sp³-hybridized carbons (Fsp3) is 0. The third-order valence-corrected chi connectivity index (χ3v) is 4.12. The second-order valence-electron chi connectivity index (χ2n) is 4.62. The molecule has 9 heteroatoms. The second-order valence-corrected chi connectivity index (χ2v) is 6.01. The molecule has 2 aromatic heterocycles. The van der Waals surface area contributed by atoms with Crippen molar-refractivity contribution in [3.05, 3.63) is 58.1 Å². The molecule has 0 radical (unpaired) electrons. The van der Waals surface area contributed by atoms with Gasteiger partial charge in [-0.1, -0.05) is 22.8 Å². The number of phenolic OH excluding ortho intramolecular Hbond substituents is 1. The molecular weight excluding hydrogens is 354 g/mol. The third kappa shape index (κ3) is 3.39.